The fourth-order valence-electron chi connectivity index (χ4n) is 2.65. The van der Waals surface area contributed by atoms with Crippen molar-refractivity contribution in [2.75, 3.05) is 6.54 Å². The molecule has 0 saturated heterocycles. The minimum absolute atomic E-state index is 0.0464. The number of aromatic nitrogens is 2. The number of rotatable bonds is 5. The highest BCUT2D eigenvalue weighted by molar-refractivity contribution is 9.10. The van der Waals surface area contributed by atoms with Gasteiger partial charge in [-0.15, -0.1) is 0 Å². The Labute approximate surface area is 143 Å². The van der Waals surface area contributed by atoms with E-state index in [0.717, 1.165) is 28.5 Å². The van der Waals surface area contributed by atoms with Gasteiger partial charge < -0.3 is 9.88 Å². The van der Waals surface area contributed by atoms with Gasteiger partial charge in [0.1, 0.15) is 5.65 Å². The Hall–Kier alpha value is -2.14. The molecule has 3 aromatic rings. The molecular formula is C18H18BrN3O. The molecule has 0 aliphatic heterocycles. The largest absolute Gasteiger partial charge is 0.352 e. The summed E-state index contributed by atoms with van der Waals surface area (Å²) in [6, 6.07) is 11.4. The van der Waals surface area contributed by atoms with Crippen molar-refractivity contribution in [3.05, 3.63) is 64.4 Å². The van der Waals surface area contributed by atoms with E-state index in [0.29, 0.717) is 12.1 Å². The molecule has 0 spiro atoms. The topological polar surface area (TPSA) is 46.9 Å². The Morgan fingerprint density at radius 2 is 2.04 bits per heavy atom. The molecule has 0 fully saturated rings. The molecule has 0 unspecified atom stereocenters. The van der Waals surface area contributed by atoms with Gasteiger partial charge in [-0.05, 0) is 55.3 Å². The summed E-state index contributed by atoms with van der Waals surface area (Å²) in [6.07, 6.45) is 4.73. The third kappa shape index (κ3) is 3.45. The maximum Gasteiger partial charge on any atom is 0.251 e. The van der Waals surface area contributed by atoms with Gasteiger partial charge in [0, 0.05) is 40.9 Å². The molecule has 2 heterocycles. The van der Waals surface area contributed by atoms with Crippen molar-refractivity contribution >= 4 is 32.9 Å². The van der Waals surface area contributed by atoms with Crippen LogP contribution in [-0.4, -0.2) is 22.0 Å². The Bertz CT molecular complexity index is 824. The second kappa shape index (κ2) is 6.96. The Balaban J connectivity index is 1.67. The van der Waals surface area contributed by atoms with Crippen LogP contribution in [-0.2, 0) is 13.0 Å². The van der Waals surface area contributed by atoms with Gasteiger partial charge in [-0.25, -0.2) is 4.98 Å². The first-order chi connectivity index (χ1) is 11.2. The van der Waals surface area contributed by atoms with E-state index in [1.54, 1.807) is 0 Å². The van der Waals surface area contributed by atoms with E-state index in [9.17, 15) is 4.79 Å². The van der Waals surface area contributed by atoms with Crippen LogP contribution in [0, 0.1) is 0 Å². The Morgan fingerprint density at radius 1 is 1.26 bits per heavy atom. The van der Waals surface area contributed by atoms with Crippen LogP contribution < -0.4 is 5.32 Å². The highest BCUT2D eigenvalue weighted by Crippen LogP contribution is 2.19. The molecule has 1 amide bonds. The third-order valence-corrected chi connectivity index (χ3v) is 4.37. The number of benzene rings is 1. The molecule has 2 aromatic heterocycles. The third-order valence-electron chi connectivity index (χ3n) is 3.84. The van der Waals surface area contributed by atoms with Crippen LogP contribution >= 0.6 is 15.9 Å². The van der Waals surface area contributed by atoms with Gasteiger partial charge in [-0.1, -0.05) is 15.9 Å². The zero-order valence-electron chi connectivity index (χ0n) is 12.9. The van der Waals surface area contributed by atoms with Gasteiger partial charge in [0.2, 0.25) is 0 Å². The number of halogens is 1. The van der Waals surface area contributed by atoms with Crippen molar-refractivity contribution < 1.29 is 4.79 Å². The fraction of sp³-hybridized carbons (Fsp3) is 0.222. The molecule has 0 bridgehead atoms. The molecule has 0 aliphatic carbocycles. The molecule has 5 heteroatoms. The second-order valence-electron chi connectivity index (χ2n) is 5.33. The average molecular weight is 372 g/mol. The number of aryl methyl sites for hydroxylation is 1. The molecule has 1 N–H and O–H groups in total. The number of nitrogens with zero attached hydrogens (tertiary/aromatic N) is 2. The summed E-state index contributed by atoms with van der Waals surface area (Å²) in [5, 5.41) is 4.13. The second-order valence-corrected chi connectivity index (χ2v) is 6.24. The van der Waals surface area contributed by atoms with Crippen molar-refractivity contribution in [3.8, 4) is 0 Å². The quantitative estimate of drug-likeness (QED) is 0.741. The van der Waals surface area contributed by atoms with Gasteiger partial charge in [-0.3, -0.25) is 4.79 Å². The summed E-state index contributed by atoms with van der Waals surface area (Å²) in [5.41, 5.74) is 2.89. The molecule has 1 aromatic carbocycles. The lowest BCUT2D eigenvalue weighted by Gasteiger charge is -2.05. The molecule has 118 valence electrons. The number of carbonyl (C=O) groups is 1. The lowest BCUT2D eigenvalue weighted by atomic mass is 10.1. The number of pyridine rings is 1. The normalized spacial score (nSPS) is 10.9. The summed E-state index contributed by atoms with van der Waals surface area (Å²) in [6.45, 7) is 3.60. The zero-order valence-corrected chi connectivity index (χ0v) is 14.5. The number of carbonyl (C=O) groups excluding carboxylic acids is 1. The lowest BCUT2D eigenvalue weighted by Crippen LogP contribution is -2.25. The highest BCUT2D eigenvalue weighted by atomic mass is 79.9. The summed E-state index contributed by atoms with van der Waals surface area (Å²) in [4.78, 5) is 16.6. The number of nitrogens with one attached hydrogen (secondary N) is 1. The van der Waals surface area contributed by atoms with Crippen LogP contribution in [0.15, 0.2) is 53.3 Å². The van der Waals surface area contributed by atoms with E-state index in [2.05, 4.69) is 50.0 Å². The molecule has 0 atom stereocenters. The van der Waals surface area contributed by atoms with Crippen LogP contribution in [0.1, 0.15) is 22.8 Å². The van der Waals surface area contributed by atoms with E-state index in [1.807, 2.05) is 36.5 Å². The molecule has 4 nitrogen and oxygen atoms in total. The van der Waals surface area contributed by atoms with Gasteiger partial charge in [0.15, 0.2) is 0 Å². The summed E-state index contributed by atoms with van der Waals surface area (Å²) >= 11 is 3.37. The smallest absolute Gasteiger partial charge is 0.251 e. The molecule has 0 aliphatic rings. The first-order valence-electron chi connectivity index (χ1n) is 7.65. The van der Waals surface area contributed by atoms with E-state index < -0.39 is 0 Å². The first kappa shape index (κ1) is 15.7. The molecule has 0 saturated carbocycles. The predicted molar refractivity (Wildman–Crippen MR) is 95.6 cm³/mol. The van der Waals surface area contributed by atoms with E-state index in [-0.39, 0.29) is 5.91 Å². The SMILES string of the molecule is CCn1cc(CCNC(=O)c2ccc(Br)cc2)c2cccnc21. The number of fused-ring (bicyclic) bond motifs is 1. The molecule has 3 rings (SSSR count). The van der Waals surface area contributed by atoms with E-state index in [1.165, 1.54) is 5.56 Å². The van der Waals surface area contributed by atoms with Crippen LogP contribution in [0.25, 0.3) is 11.0 Å². The molecule has 0 radical (unpaired) electrons. The van der Waals surface area contributed by atoms with Crippen LogP contribution in [0.3, 0.4) is 0 Å². The van der Waals surface area contributed by atoms with Crippen molar-refractivity contribution in [2.45, 2.75) is 19.9 Å². The lowest BCUT2D eigenvalue weighted by molar-refractivity contribution is 0.0954. The standard InChI is InChI=1S/C18H18BrN3O/c1-2-22-12-14(16-4-3-10-20-17(16)22)9-11-21-18(23)13-5-7-15(19)8-6-13/h3-8,10,12H,2,9,11H2,1H3,(H,21,23). The number of hydrogen-bond donors (Lipinski definition) is 1. The fourth-order valence-corrected chi connectivity index (χ4v) is 2.91. The Kier molecular flexibility index (Phi) is 4.76. The van der Waals surface area contributed by atoms with Crippen molar-refractivity contribution in [3.63, 3.8) is 0 Å². The van der Waals surface area contributed by atoms with Gasteiger partial charge in [0.05, 0.1) is 0 Å². The van der Waals surface area contributed by atoms with Gasteiger partial charge in [0.25, 0.3) is 5.91 Å². The summed E-state index contributed by atoms with van der Waals surface area (Å²) in [5.74, 6) is -0.0464. The maximum absolute atomic E-state index is 12.1. The zero-order chi connectivity index (χ0) is 16.2. The monoisotopic (exact) mass is 371 g/mol. The van der Waals surface area contributed by atoms with Gasteiger partial charge >= 0.3 is 0 Å². The van der Waals surface area contributed by atoms with Crippen molar-refractivity contribution in [2.24, 2.45) is 0 Å². The highest BCUT2D eigenvalue weighted by Gasteiger charge is 2.09. The maximum atomic E-state index is 12.1. The van der Waals surface area contributed by atoms with Crippen LogP contribution in [0.4, 0.5) is 0 Å². The molecular weight excluding hydrogens is 354 g/mol. The van der Waals surface area contributed by atoms with Crippen LogP contribution in [0.2, 0.25) is 0 Å². The number of hydrogen-bond acceptors (Lipinski definition) is 2. The first-order valence-corrected chi connectivity index (χ1v) is 8.45. The Morgan fingerprint density at radius 3 is 2.78 bits per heavy atom. The van der Waals surface area contributed by atoms with Crippen LogP contribution in [0.5, 0.6) is 0 Å². The summed E-state index contributed by atoms with van der Waals surface area (Å²) < 4.78 is 3.11. The van der Waals surface area contributed by atoms with Gasteiger partial charge in [-0.2, -0.15) is 0 Å². The predicted octanol–water partition coefficient (Wildman–Crippen LogP) is 3.79. The number of amides is 1. The van der Waals surface area contributed by atoms with Crippen molar-refractivity contribution in [1.29, 1.82) is 0 Å². The van der Waals surface area contributed by atoms with E-state index in [4.69, 9.17) is 0 Å². The van der Waals surface area contributed by atoms with E-state index >= 15 is 0 Å². The summed E-state index contributed by atoms with van der Waals surface area (Å²) in [7, 11) is 0. The minimum atomic E-state index is -0.0464. The van der Waals surface area contributed by atoms with Crippen molar-refractivity contribution in [1.82, 2.24) is 14.9 Å². The molecule has 23 heavy (non-hydrogen) atoms. The average Bonchev–Trinajstić information content (AvgIpc) is 2.94. The minimum Gasteiger partial charge on any atom is -0.352 e.